The van der Waals surface area contributed by atoms with Gasteiger partial charge in [0.15, 0.2) is 0 Å². The summed E-state index contributed by atoms with van der Waals surface area (Å²) in [5, 5.41) is 6.57. The Morgan fingerprint density at radius 3 is 2.57 bits per heavy atom. The van der Waals surface area contributed by atoms with Gasteiger partial charge in [-0.25, -0.2) is 0 Å². The van der Waals surface area contributed by atoms with Crippen LogP contribution in [-0.2, 0) is 4.79 Å². The van der Waals surface area contributed by atoms with E-state index in [4.69, 9.17) is 0 Å². The molecular weight excluding hydrogens is 286 g/mol. The largest absolute Gasteiger partial charge is 0.354 e. The Labute approximate surface area is 135 Å². The van der Waals surface area contributed by atoms with Crippen LogP contribution in [0.3, 0.4) is 0 Å². The van der Waals surface area contributed by atoms with Crippen molar-refractivity contribution in [2.45, 2.75) is 58.5 Å². The van der Waals surface area contributed by atoms with Gasteiger partial charge >= 0.3 is 0 Å². The summed E-state index contributed by atoms with van der Waals surface area (Å²) < 4.78 is 0. The van der Waals surface area contributed by atoms with E-state index in [0.717, 1.165) is 31.8 Å². The van der Waals surface area contributed by atoms with Crippen molar-refractivity contribution in [3.63, 3.8) is 0 Å². The molecule has 0 aliphatic carbocycles. The maximum absolute atomic E-state index is 12.2. The van der Waals surface area contributed by atoms with Crippen molar-refractivity contribution in [3.05, 3.63) is 0 Å². The van der Waals surface area contributed by atoms with Crippen LogP contribution in [0.15, 0.2) is 0 Å². The SMILES string of the molecule is CC1CCN(C(C)CNC(=O)[C@H]2CCN[C@@H](C)C2)CC1.Cl. The first-order valence-electron chi connectivity index (χ1n) is 8.31. The lowest BCUT2D eigenvalue weighted by molar-refractivity contribution is -0.126. The minimum absolute atomic E-state index is 0. The first-order chi connectivity index (χ1) is 9.56. The Morgan fingerprint density at radius 1 is 1.29 bits per heavy atom. The number of nitrogens with one attached hydrogen (secondary N) is 2. The van der Waals surface area contributed by atoms with Crippen LogP contribution >= 0.6 is 12.4 Å². The maximum atomic E-state index is 12.2. The van der Waals surface area contributed by atoms with E-state index in [1.165, 1.54) is 25.9 Å². The normalized spacial score (nSPS) is 29.5. The van der Waals surface area contributed by atoms with Crippen molar-refractivity contribution in [3.8, 4) is 0 Å². The summed E-state index contributed by atoms with van der Waals surface area (Å²) in [4.78, 5) is 14.7. The summed E-state index contributed by atoms with van der Waals surface area (Å²) in [5.41, 5.74) is 0. The highest BCUT2D eigenvalue weighted by atomic mass is 35.5. The second-order valence-electron chi connectivity index (χ2n) is 6.89. The molecule has 2 aliphatic rings. The zero-order chi connectivity index (χ0) is 14.5. The molecule has 2 fully saturated rings. The predicted molar refractivity (Wildman–Crippen MR) is 89.9 cm³/mol. The fourth-order valence-electron chi connectivity index (χ4n) is 3.36. The van der Waals surface area contributed by atoms with E-state index in [1.54, 1.807) is 0 Å². The topological polar surface area (TPSA) is 44.4 Å². The van der Waals surface area contributed by atoms with Gasteiger partial charge in [-0.05, 0) is 65.1 Å². The molecule has 21 heavy (non-hydrogen) atoms. The number of hydrogen-bond acceptors (Lipinski definition) is 3. The molecule has 0 aromatic heterocycles. The van der Waals surface area contributed by atoms with Crippen molar-refractivity contribution in [2.24, 2.45) is 11.8 Å². The van der Waals surface area contributed by atoms with Gasteiger partial charge in [-0.1, -0.05) is 6.92 Å². The molecule has 0 saturated carbocycles. The molecule has 4 nitrogen and oxygen atoms in total. The average molecular weight is 318 g/mol. The molecule has 0 radical (unpaired) electrons. The number of likely N-dealkylation sites (tertiary alicyclic amines) is 1. The van der Waals surface area contributed by atoms with Gasteiger partial charge in [-0.3, -0.25) is 9.69 Å². The van der Waals surface area contributed by atoms with Crippen LogP contribution in [0.2, 0.25) is 0 Å². The highest BCUT2D eigenvalue weighted by Gasteiger charge is 2.26. The third-order valence-corrected chi connectivity index (χ3v) is 5.01. The smallest absolute Gasteiger partial charge is 0.223 e. The molecule has 2 saturated heterocycles. The Morgan fingerprint density at radius 2 is 1.95 bits per heavy atom. The molecular formula is C16H32ClN3O. The van der Waals surface area contributed by atoms with Crippen molar-refractivity contribution < 1.29 is 4.79 Å². The van der Waals surface area contributed by atoms with E-state index in [9.17, 15) is 4.79 Å². The highest BCUT2D eigenvalue weighted by molar-refractivity contribution is 5.85. The summed E-state index contributed by atoms with van der Waals surface area (Å²) in [5.74, 6) is 1.33. The molecule has 124 valence electrons. The maximum Gasteiger partial charge on any atom is 0.223 e. The lowest BCUT2D eigenvalue weighted by Crippen LogP contribution is -2.48. The fraction of sp³-hybridized carbons (Fsp3) is 0.938. The molecule has 1 amide bonds. The van der Waals surface area contributed by atoms with E-state index in [0.29, 0.717) is 12.1 Å². The third-order valence-electron chi connectivity index (χ3n) is 5.01. The van der Waals surface area contributed by atoms with Crippen LogP contribution in [0.4, 0.5) is 0 Å². The number of nitrogens with zero attached hydrogens (tertiary/aromatic N) is 1. The summed E-state index contributed by atoms with van der Waals surface area (Å²) in [6.07, 6.45) is 4.54. The van der Waals surface area contributed by atoms with E-state index in [2.05, 4.69) is 36.3 Å². The van der Waals surface area contributed by atoms with Crippen LogP contribution < -0.4 is 10.6 Å². The molecule has 3 atom stereocenters. The van der Waals surface area contributed by atoms with Crippen LogP contribution in [0, 0.1) is 11.8 Å². The zero-order valence-electron chi connectivity index (χ0n) is 13.7. The lowest BCUT2D eigenvalue weighted by Gasteiger charge is -2.35. The van der Waals surface area contributed by atoms with Gasteiger partial charge in [0.1, 0.15) is 0 Å². The van der Waals surface area contributed by atoms with Crippen LogP contribution in [0.5, 0.6) is 0 Å². The first-order valence-corrected chi connectivity index (χ1v) is 8.31. The molecule has 5 heteroatoms. The Hall–Kier alpha value is -0.320. The number of amides is 1. The van der Waals surface area contributed by atoms with Crippen molar-refractivity contribution in [1.82, 2.24) is 15.5 Å². The van der Waals surface area contributed by atoms with Crippen LogP contribution in [0.25, 0.3) is 0 Å². The van der Waals surface area contributed by atoms with Crippen molar-refractivity contribution in [1.29, 1.82) is 0 Å². The minimum Gasteiger partial charge on any atom is -0.354 e. The number of halogens is 1. The van der Waals surface area contributed by atoms with Gasteiger partial charge in [0.05, 0.1) is 0 Å². The monoisotopic (exact) mass is 317 g/mol. The quantitative estimate of drug-likeness (QED) is 0.834. The van der Waals surface area contributed by atoms with Gasteiger partial charge in [0, 0.05) is 24.5 Å². The first kappa shape index (κ1) is 18.7. The fourth-order valence-corrected chi connectivity index (χ4v) is 3.36. The van der Waals surface area contributed by atoms with E-state index in [-0.39, 0.29) is 24.2 Å². The van der Waals surface area contributed by atoms with Crippen molar-refractivity contribution in [2.75, 3.05) is 26.2 Å². The molecule has 0 spiro atoms. The van der Waals surface area contributed by atoms with Gasteiger partial charge in [-0.2, -0.15) is 0 Å². The number of piperidine rings is 2. The van der Waals surface area contributed by atoms with Crippen molar-refractivity contribution >= 4 is 18.3 Å². The minimum atomic E-state index is 0. The van der Waals surface area contributed by atoms with Crippen LogP contribution in [0.1, 0.15) is 46.5 Å². The zero-order valence-corrected chi connectivity index (χ0v) is 14.5. The molecule has 2 aliphatic heterocycles. The Kier molecular flexibility index (Phi) is 7.99. The second-order valence-corrected chi connectivity index (χ2v) is 6.89. The molecule has 2 N–H and O–H groups in total. The van der Waals surface area contributed by atoms with Gasteiger partial charge < -0.3 is 10.6 Å². The standard InChI is InChI=1S/C16H31N3O.ClH/c1-12-5-8-19(9-6-12)14(3)11-18-16(20)15-4-7-17-13(2)10-15;/h12-15,17H,4-11H2,1-3H3,(H,18,20);1H/t13-,14?,15-;/m0./s1. The van der Waals surface area contributed by atoms with Gasteiger partial charge in [-0.15, -0.1) is 12.4 Å². The number of carbonyl (C=O) groups is 1. The van der Waals surface area contributed by atoms with E-state index >= 15 is 0 Å². The molecule has 1 unspecified atom stereocenters. The van der Waals surface area contributed by atoms with Gasteiger partial charge in [0.25, 0.3) is 0 Å². The Bertz CT molecular complexity index is 319. The van der Waals surface area contributed by atoms with Gasteiger partial charge in [0.2, 0.25) is 5.91 Å². The highest BCUT2D eigenvalue weighted by Crippen LogP contribution is 2.18. The second kappa shape index (κ2) is 8.96. The summed E-state index contributed by atoms with van der Waals surface area (Å²) in [6.45, 7) is 10.9. The summed E-state index contributed by atoms with van der Waals surface area (Å²) in [7, 11) is 0. The summed E-state index contributed by atoms with van der Waals surface area (Å²) >= 11 is 0. The molecule has 0 aromatic rings. The number of rotatable bonds is 4. The molecule has 2 heterocycles. The number of hydrogen-bond donors (Lipinski definition) is 2. The molecule has 2 rings (SSSR count). The number of carbonyl (C=O) groups excluding carboxylic acids is 1. The third kappa shape index (κ3) is 5.76. The lowest BCUT2D eigenvalue weighted by atomic mass is 9.92. The molecule has 0 aromatic carbocycles. The average Bonchev–Trinajstić information content (AvgIpc) is 2.45. The summed E-state index contributed by atoms with van der Waals surface area (Å²) in [6, 6.07) is 0.936. The van der Waals surface area contributed by atoms with Crippen LogP contribution in [-0.4, -0.2) is 49.1 Å². The predicted octanol–water partition coefficient (Wildman–Crippen LogP) is 2.03. The Balaban J connectivity index is 0.00000220. The van der Waals surface area contributed by atoms with E-state index in [1.807, 2.05) is 0 Å². The van der Waals surface area contributed by atoms with E-state index < -0.39 is 0 Å². The molecule has 0 bridgehead atoms.